The van der Waals surface area contributed by atoms with Gasteiger partial charge in [-0.15, -0.1) is 0 Å². The highest BCUT2D eigenvalue weighted by Gasteiger charge is 2.48. The smallest absolute Gasteiger partial charge is 0.113 e. The maximum Gasteiger partial charge on any atom is 0.113 e. The van der Waals surface area contributed by atoms with Gasteiger partial charge in [-0.2, -0.15) is 0 Å². The molecule has 0 aromatic heterocycles. The Balaban J connectivity index is 1.32. The molecule has 4 N–H and O–H groups in total. The number of halogens is 1. The first-order valence-electron chi connectivity index (χ1n) is 11.6. The fourth-order valence-corrected chi connectivity index (χ4v) is 5.72. The van der Waals surface area contributed by atoms with Gasteiger partial charge < -0.3 is 25.2 Å². The van der Waals surface area contributed by atoms with Crippen LogP contribution in [0, 0.1) is 5.41 Å². The molecule has 6 heteroatoms. The Labute approximate surface area is 193 Å². The lowest BCUT2D eigenvalue weighted by atomic mass is 9.90. The van der Waals surface area contributed by atoms with Crippen molar-refractivity contribution in [1.82, 2.24) is 0 Å². The Kier molecular flexibility index (Phi) is 6.08. The molecule has 0 bridgehead atoms. The Hall–Kier alpha value is -1.47. The number of benzene rings is 2. The van der Waals surface area contributed by atoms with E-state index in [0.29, 0.717) is 28.3 Å². The van der Waals surface area contributed by atoms with Gasteiger partial charge in [-0.25, -0.2) is 0 Å². The third kappa shape index (κ3) is 4.23. The minimum atomic E-state index is -1.40. The van der Waals surface area contributed by atoms with Gasteiger partial charge in [-0.05, 0) is 78.2 Å². The summed E-state index contributed by atoms with van der Waals surface area (Å²) in [6, 6.07) is 14.2. The van der Waals surface area contributed by atoms with E-state index in [1.165, 1.54) is 37.7 Å². The first-order chi connectivity index (χ1) is 15.4. The summed E-state index contributed by atoms with van der Waals surface area (Å²) in [5, 5.41) is 40.7. The van der Waals surface area contributed by atoms with Crippen LogP contribution < -0.4 is 0 Å². The molecule has 3 aliphatic rings. The Bertz CT molecular complexity index is 955. The van der Waals surface area contributed by atoms with E-state index in [0.717, 1.165) is 11.1 Å². The average Bonchev–Trinajstić information content (AvgIpc) is 3.43. The molecule has 1 heterocycles. The summed E-state index contributed by atoms with van der Waals surface area (Å²) in [5.41, 5.74) is 4.80. The van der Waals surface area contributed by atoms with Crippen molar-refractivity contribution in [2.75, 3.05) is 6.61 Å². The number of ether oxygens (including phenoxy) is 1. The zero-order chi connectivity index (χ0) is 22.5. The van der Waals surface area contributed by atoms with Crippen LogP contribution in [0.5, 0.6) is 0 Å². The van der Waals surface area contributed by atoms with Crippen molar-refractivity contribution in [2.24, 2.45) is 5.41 Å². The van der Waals surface area contributed by atoms with Crippen molar-refractivity contribution in [3.05, 3.63) is 69.7 Å². The molecule has 2 aliphatic carbocycles. The van der Waals surface area contributed by atoms with Crippen molar-refractivity contribution in [1.29, 1.82) is 0 Å². The zero-order valence-electron chi connectivity index (χ0n) is 18.0. The summed E-state index contributed by atoms with van der Waals surface area (Å²) in [6.07, 6.45) is 1.59. The third-order valence-electron chi connectivity index (χ3n) is 7.80. The largest absolute Gasteiger partial charge is 0.394 e. The van der Waals surface area contributed by atoms with Gasteiger partial charge in [0.05, 0.1) is 6.61 Å². The summed E-state index contributed by atoms with van der Waals surface area (Å²) in [6.45, 7) is -0.448. The highest BCUT2D eigenvalue weighted by molar-refractivity contribution is 6.31. The van der Waals surface area contributed by atoms with Gasteiger partial charge in [0.2, 0.25) is 0 Å². The number of hydrogen-bond acceptors (Lipinski definition) is 5. The quantitative estimate of drug-likeness (QED) is 0.550. The third-order valence-corrected chi connectivity index (χ3v) is 8.16. The highest BCUT2D eigenvalue weighted by Crippen LogP contribution is 2.61. The molecule has 5 rings (SSSR count). The summed E-state index contributed by atoms with van der Waals surface area (Å²) >= 11 is 6.47. The molecule has 1 aliphatic heterocycles. The maximum absolute atomic E-state index is 10.5. The molecular formula is C26H31ClO5. The van der Waals surface area contributed by atoms with E-state index in [-0.39, 0.29) is 0 Å². The minimum Gasteiger partial charge on any atom is -0.394 e. The summed E-state index contributed by atoms with van der Waals surface area (Å²) in [4.78, 5) is 0. The molecule has 1 unspecified atom stereocenters. The molecule has 1 saturated heterocycles. The van der Waals surface area contributed by atoms with Crippen molar-refractivity contribution < 1.29 is 25.2 Å². The number of aliphatic hydroxyl groups is 4. The Morgan fingerprint density at radius 1 is 0.906 bits per heavy atom. The van der Waals surface area contributed by atoms with Crippen molar-refractivity contribution in [3.8, 4) is 0 Å². The lowest BCUT2D eigenvalue weighted by molar-refractivity contribution is -0.231. The molecule has 2 aromatic carbocycles. The summed E-state index contributed by atoms with van der Waals surface area (Å²) in [7, 11) is 0. The van der Waals surface area contributed by atoms with E-state index >= 15 is 0 Å². The maximum atomic E-state index is 10.5. The summed E-state index contributed by atoms with van der Waals surface area (Å²) in [5.74, 6) is 0.685. The predicted octanol–water partition coefficient (Wildman–Crippen LogP) is 3.49. The number of aliphatic hydroxyl groups excluding tert-OH is 4. The van der Waals surface area contributed by atoms with E-state index in [2.05, 4.69) is 24.3 Å². The van der Waals surface area contributed by atoms with Crippen molar-refractivity contribution in [2.45, 2.75) is 75.0 Å². The predicted molar refractivity (Wildman–Crippen MR) is 122 cm³/mol. The van der Waals surface area contributed by atoms with Crippen LogP contribution in [0.1, 0.15) is 66.4 Å². The second-order valence-corrected chi connectivity index (χ2v) is 10.4. The molecule has 1 spiro atoms. The van der Waals surface area contributed by atoms with Gasteiger partial charge in [0, 0.05) is 5.02 Å². The van der Waals surface area contributed by atoms with Gasteiger partial charge in [-0.3, -0.25) is 0 Å². The first-order valence-corrected chi connectivity index (χ1v) is 11.9. The molecule has 6 atom stereocenters. The van der Waals surface area contributed by atoms with Crippen LogP contribution >= 0.6 is 11.6 Å². The van der Waals surface area contributed by atoms with Crippen LogP contribution in [0.2, 0.25) is 5.02 Å². The topological polar surface area (TPSA) is 90.2 Å². The minimum absolute atomic E-state index is 0.448. The Morgan fingerprint density at radius 3 is 2.28 bits per heavy atom. The van der Waals surface area contributed by atoms with Gasteiger partial charge in [-0.1, -0.05) is 48.0 Å². The fourth-order valence-electron chi connectivity index (χ4n) is 5.53. The number of hydrogen-bond donors (Lipinski definition) is 4. The zero-order valence-corrected chi connectivity index (χ0v) is 18.8. The second-order valence-electron chi connectivity index (χ2n) is 9.96. The van der Waals surface area contributed by atoms with E-state index in [1.807, 2.05) is 6.07 Å². The standard InChI is InChI=1S/C26H31ClO5/c27-20-6-5-17(25-24(31)23(30)22(29)21(14-28)32-25)12-19(20)11-15-1-3-16(4-2-15)18-7-8-26(13-18)9-10-26/h1-6,12,18,21-25,28-31H,7-11,13-14H2/t18?,21-,22-,23+,24-,25+/m1/s1. The van der Waals surface area contributed by atoms with Gasteiger partial charge in [0.1, 0.15) is 30.5 Å². The molecule has 0 radical (unpaired) electrons. The van der Waals surface area contributed by atoms with E-state index in [1.54, 1.807) is 12.1 Å². The lowest BCUT2D eigenvalue weighted by Gasteiger charge is -2.40. The molecular weight excluding hydrogens is 428 g/mol. The molecule has 2 aromatic rings. The van der Waals surface area contributed by atoms with Crippen molar-refractivity contribution in [3.63, 3.8) is 0 Å². The summed E-state index contributed by atoms with van der Waals surface area (Å²) < 4.78 is 5.70. The molecule has 5 nitrogen and oxygen atoms in total. The van der Waals surface area contributed by atoms with Crippen LogP contribution in [-0.4, -0.2) is 51.4 Å². The molecule has 2 saturated carbocycles. The fraction of sp³-hybridized carbons (Fsp3) is 0.538. The average molecular weight is 459 g/mol. The van der Waals surface area contributed by atoms with E-state index in [9.17, 15) is 20.4 Å². The van der Waals surface area contributed by atoms with Crippen LogP contribution in [0.3, 0.4) is 0 Å². The Morgan fingerprint density at radius 2 is 1.62 bits per heavy atom. The SMILES string of the molecule is OC[C@H]1O[C@@H](c2ccc(Cl)c(Cc3ccc(C4CCC5(CC5)C4)cc3)c2)[C@H](O)[C@@H](O)[C@@H]1O. The molecule has 172 valence electrons. The van der Waals surface area contributed by atoms with Gasteiger partial charge >= 0.3 is 0 Å². The molecule has 0 amide bonds. The van der Waals surface area contributed by atoms with E-state index in [4.69, 9.17) is 16.3 Å². The second kappa shape index (κ2) is 8.71. The monoisotopic (exact) mass is 458 g/mol. The van der Waals surface area contributed by atoms with Gasteiger partial charge in [0.25, 0.3) is 0 Å². The van der Waals surface area contributed by atoms with Crippen LogP contribution in [-0.2, 0) is 11.2 Å². The lowest BCUT2D eigenvalue weighted by Crippen LogP contribution is -2.55. The van der Waals surface area contributed by atoms with Crippen LogP contribution in [0.15, 0.2) is 42.5 Å². The van der Waals surface area contributed by atoms with Crippen LogP contribution in [0.25, 0.3) is 0 Å². The van der Waals surface area contributed by atoms with Crippen molar-refractivity contribution >= 4 is 11.6 Å². The first kappa shape index (κ1) is 22.3. The molecule has 3 fully saturated rings. The highest BCUT2D eigenvalue weighted by atomic mass is 35.5. The normalized spacial score (nSPS) is 33.5. The molecule has 32 heavy (non-hydrogen) atoms. The van der Waals surface area contributed by atoms with Crippen LogP contribution in [0.4, 0.5) is 0 Å². The van der Waals surface area contributed by atoms with E-state index < -0.39 is 37.1 Å². The number of rotatable bonds is 5. The van der Waals surface area contributed by atoms with Gasteiger partial charge in [0.15, 0.2) is 0 Å².